The molecule has 0 radical (unpaired) electrons. The quantitative estimate of drug-likeness (QED) is 0.918. The lowest BCUT2D eigenvalue weighted by atomic mass is 10.0. The maximum atomic E-state index is 6.18. The Morgan fingerprint density at radius 2 is 2.33 bits per heavy atom. The molecule has 2 nitrogen and oxygen atoms in total. The molecule has 0 aromatic carbocycles. The van der Waals surface area contributed by atoms with Gasteiger partial charge in [-0.2, -0.15) is 0 Å². The maximum Gasteiger partial charge on any atom is 0.0664 e. The second-order valence-corrected chi connectivity index (χ2v) is 5.24. The van der Waals surface area contributed by atoms with Gasteiger partial charge in [0.15, 0.2) is 0 Å². The van der Waals surface area contributed by atoms with Gasteiger partial charge in [-0.25, -0.2) is 0 Å². The van der Waals surface area contributed by atoms with E-state index in [9.17, 15) is 0 Å². The van der Waals surface area contributed by atoms with Crippen molar-refractivity contribution in [2.75, 3.05) is 0 Å². The molecule has 0 bridgehead atoms. The van der Waals surface area contributed by atoms with Gasteiger partial charge in [-0.3, -0.25) is 4.98 Å². The zero-order chi connectivity index (χ0) is 10.8. The van der Waals surface area contributed by atoms with Crippen LogP contribution < -0.4 is 5.73 Å². The Labute approximate surface area is 101 Å². The molecule has 0 aliphatic carbocycles. The molecule has 0 saturated heterocycles. The standard InChI is InChI=1S/C11H11BrN2S/c1-7-2-3-14-5-9(7)11(13)10-4-8(12)6-15-10/h2-6,11H,13H2,1H3. The van der Waals surface area contributed by atoms with Crippen molar-refractivity contribution in [3.63, 3.8) is 0 Å². The Hall–Kier alpha value is -0.710. The van der Waals surface area contributed by atoms with E-state index in [4.69, 9.17) is 5.73 Å². The summed E-state index contributed by atoms with van der Waals surface area (Å²) >= 11 is 5.09. The van der Waals surface area contributed by atoms with Crippen LogP contribution in [0.3, 0.4) is 0 Å². The maximum absolute atomic E-state index is 6.18. The van der Waals surface area contributed by atoms with Gasteiger partial charge in [-0.15, -0.1) is 11.3 Å². The van der Waals surface area contributed by atoms with Crippen molar-refractivity contribution in [3.8, 4) is 0 Å². The lowest BCUT2D eigenvalue weighted by Crippen LogP contribution is -2.11. The average Bonchev–Trinajstić information content (AvgIpc) is 2.65. The molecule has 15 heavy (non-hydrogen) atoms. The number of rotatable bonds is 2. The number of nitrogens with zero attached hydrogens (tertiary/aromatic N) is 1. The van der Waals surface area contributed by atoms with Gasteiger partial charge < -0.3 is 5.73 Å². The molecule has 0 aliphatic heterocycles. The fraction of sp³-hybridized carbons (Fsp3) is 0.182. The van der Waals surface area contributed by atoms with Crippen LogP contribution in [-0.4, -0.2) is 4.98 Å². The topological polar surface area (TPSA) is 38.9 Å². The highest BCUT2D eigenvalue weighted by Crippen LogP contribution is 2.29. The van der Waals surface area contributed by atoms with Gasteiger partial charge in [0.25, 0.3) is 0 Å². The minimum absolute atomic E-state index is 0.0741. The van der Waals surface area contributed by atoms with Crippen LogP contribution in [0.4, 0.5) is 0 Å². The Morgan fingerprint density at radius 3 is 2.93 bits per heavy atom. The zero-order valence-corrected chi connectivity index (χ0v) is 10.7. The van der Waals surface area contributed by atoms with Crippen LogP contribution in [0.5, 0.6) is 0 Å². The van der Waals surface area contributed by atoms with E-state index >= 15 is 0 Å². The molecule has 2 rings (SSSR count). The predicted octanol–water partition coefficient (Wildman–Crippen LogP) is 3.26. The smallest absolute Gasteiger partial charge is 0.0664 e. The van der Waals surface area contributed by atoms with Crippen LogP contribution in [0.1, 0.15) is 22.0 Å². The normalized spacial score (nSPS) is 12.7. The van der Waals surface area contributed by atoms with E-state index in [0.717, 1.165) is 14.9 Å². The van der Waals surface area contributed by atoms with Gasteiger partial charge in [0.2, 0.25) is 0 Å². The average molecular weight is 283 g/mol. The highest BCUT2D eigenvalue weighted by Gasteiger charge is 2.13. The minimum Gasteiger partial charge on any atom is -0.320 e. The van der Waals surface area contributed by atoms with Crippen LogP contribution in [0, 0.1) is 6.92 Å². The number of thiophene rings is 1. The van der Waals surface area contributed by atoms with Gasteiger partial charge >= 0.3 is 0 Å². The third-order valence-electron chi connectivity index (χ3n) is 2.31. The summed E-state index contributed by atoms with van der Waals surface area (Å²) in [6, 6.07) is 3.97. The molecular formula is C11H11BrN2S. The molecule has 0 aliphatic rings. The molecule has 2 heterocycles. The summed E-state index contributed by atoms with van der Waals surface area (Å²) in [5.74, 6) is 0. The third kappa shape index (κ3) is 2.27. The molecule has 0 saturated carbocycles. The number of nitrogens with two attached hydrogens (primary N) is 1. The Bertz CT molecular complexity index is 467. The summed E-state index contributed by atoms with van der Waals surface area (Å²) < 4.78 is 1.08. The first-order chi connectivity index (χ1) is 7.18. The molecule has 1 unspecified atom stereocenters. The Morgan fingerprint density at radius 1 is 1.53 bits per heavy atom. The van der Waals surface area contributed by atoms with Crippen molar-refractivity contribution in [3.05, 3.63) is 50.4 Å². The van der Waals surface area contributed by atoms with Gasteiger partial charge in [0, 0.05) is 27.1 Å². The first-order valence-corrected chi connectivity index (χ1v) is 6.26. The summed E-state index contributed by atoms with van der Waals surface area (Å²) in [7, 11) is 0. The second kappa shape index (κ2) is 4.43. The van der Waals surface area contributed by atoms with E-state index in [1.165, 1.54) is 5.56 Å². The van der Waals surface area contributed by atoms with Crippen molar-refractivity contribution in [2.24, 2.45) is 5.73 Å². The number of halogens is 1. The molecule has 4 heteroatoms. The van der Waals surface area contributed by atoms with Crippen molar-refractivity contribution in [1.82, 2.24) is 4.98 Å². The van der Waals surface area contributed by atoms with Crippen molar-refractivity contribution >= 4 is 27.3 Å². The summed E-state index contributed by atoms with van der Waals surface area (Å²) in [5.41, 5.74) is 8.45. The van der Waals surface area contributed by atoms with E-state index < -0.39 is 0 Å². The molecule has 2 aromatic rings. The van der Waals surface area contributed by atoms with Crippen LogP contribution >= 0.6 is 27.3 Å². The monoisotopic (exact) mass is 282 g/mol. The first-order valence-electron chi connectivity index (χ1n) is 4.58. The van der Waals surface area contributed by atoms with Crippen LogP contribution in [0.15, 0.2) is 34.4 Å². The van der Waals surface area contributed by atoms with Gasteiger partial charge in [-0.05, 0) is 46.1 Å². The summed E-state index contributed by atoms with van der Waals surface area (Å²) in [6.07, 6.45) is 3.63. The lowest BCUT2D eigenvalue weighted by Gasteiger charge is -2.11. The molecule has 0 spiro atoms. The van der Waals surface area contributed by atoms with Crippen LogP contribution in [-0.2, 0) is 0 Å². The van der Waals surface area contributed by atoms with Gasteiger partial charge in [0.05, 0.1) is 6.04 Å². The fourth-order valence-electron chi connectivity index (χ4n) is 1.45. The Balaban J connectivity index is 2.36. The number of aryl methyl sites for hydroxylation is 1. The molecule has 78 valence electrons. The van der Waals surface area contributed by atoms with E-state index in [2.05, 4.69) is 33.9 Å². The largest absolute Gasteiger partial charge is 0.320 e. The first kappa shape index (κ1) is 10.8. The number of aromatic nitrogens is 1. The highest BCUT2D eigenvalue weighted by atomic mass is 79.9. The number of hydrogen-bond acceptors (Lipinski definition) is 3. The lowest BCUT2D eigenvalue weighted by molar-refractivity contribution is 0.872. The number of hydrogen-bond donors (Lipinski definition) is 1. The molecule has 2 aromatic heterocycles. The summed E-state index contributed by atoms with van der Waals surface area (Å²) in [5, 5.41) is 2.04. The van der Waals surface area contributed by atoms with E-state index in [1.54, 1.807) is 17.5 Å². The van der Waals surface area contributed by atoms with Crippen molar-refractivity contribution in [2.45, 2.75) is 13.0 Å². The molecule has 1 atom stereocenters. The van der Waals surface area contributed by atoms with Crippen LogP contribution in [0.25, 0.3) is 0 Å². The summed E-state index contributed by atoms with van der Waals surface area (Å²) in [4.78, 5) is 5.26. The highest BCUT2D eigenvalue weighted by molar-refractivity contribution is 9.10. The van der Waals surface area contributed by atoms with Crippen LogP contribution in [0.2, 0.25) is 0 Å². The third-order valence-corrected chi connectivity index (χ3v) is 4.09. The van der Waals surface area contributed by atoms with Gasteiger partial charge in [0.1, 0.15) is 0 Å². The van der Waals surface area contributed by atoms with E-state index in [1.807, 2.05) is 17.6 Å². The Kier molecular flexibility index (Phi) is 3.19. The predicted molar refractivity (Wildman–Crippen MR) is 67.0 cm³/mol. The zero-order valence-electron chi connectivity index (χ0n) is 8.27. The van der Waals surface area contributed by atoms with Gasteiger partial charge in [-0.1, -0.05) is 0 Å². The summed E-state index contributed by atoms with van der Waals surface area (Å²) in [6.45, 7) is 2.06. The van der Waals surface area contributed by atoms with E-state index in [-0.39, 0.29) is 6.04 Å². The molecule has 0 amide bonds. The van der Waals surface area contributed by atoms with Crippen molar-refractivity contribution < 1.29 is 0 Å². The fourth-order valence-corrected chi connectivity index (χ4v) is 2.91. The van der Waals surface area contributed by atoms with Crippen molar-refractivity contribution in [1.29, 1.82) is 0 Å². The minimum atomic E-state index is -0.0741. The SMILES string of the molecule is Cc1ccncc1C(N)c1cc(Br)cs1. The second-order valence-electron chi connectivity index (χ2n) is 3.38. The molecule has 2 N–H and O–H groups in total. The van der Waals surface area contributed by atoms with E-state index in [0.29, 0.717) is 0 Å². The number of pyridine rings is 1. The molecule has 0 fully saturated rings. The molecular weight excluding hydrogens is 272 g/mol.